The number of rotatable bonds is 5. The zero-order valence-electron chi connectivity index (χ0n) is 11.1. The van der Waals surface area contributed by atoms with Gasteiger partial charge in [0.1, 0.15) is 5.75 Å². The normalized spacial score (nSPS) is 12.2. The predicted molar refractivity (Wildman–Crippen MR) is 88.6 cm³/mol. The average molecular weight is 400 g/mol. The number of benzene rings is 2. The Kier molecular flexibility index (Phi) is 5.60. The molecule has 0 heterocycles. The maximum absolute atomic E-state index is 5.71. The first-order chi connectivity index (χ1) is 9.63. The molecular weight excluding hydrogens is 384 g/mol. The van der Waals surface area contributed by atoms with Gasteiger partial charge in [-0.1, -0.05) is 44.0 Å². The van der Waals surface area contributed by atoms with Crippen molar-refractivity contribution >= 4 is 31.9 Å². The third-order valence-corrected chi connectivity index (χ3v) is 4.40. The van der Waals surface area contributed by atoms with Gasteiger partial charge in [-0.2, -0.15) is 0 Å². The third-order valence-electron chi connectivity index (χ3n) is 3.13. The highest BCUT2D eigenvalue weighted by Crippen LogP contribution is 2.28. The van der Waals surface area contributed by atoms with E-state index in [1.54, 1.807) is 7.11 Å². The van der Waals surface area contributed by atoms with E-state index in [9.17, 15) is 0 Å². The lowest BCUT2D eigenvalue weighted by Crippen LogP contribution is -2.29. The van der Waals surface area contributed by atoms with Gasteiger partial charge in [0, 0.05) is 8.95 Å². The molecule has 0 spiro atoms. The van der Waals surface area contributed by atoms with Crippen LogP contribution < -0.4 is 16.0 Å². The summed E-state index contributed by atoms with van der Waals surface area (Å²) in [5.74, 6) is 6.55. The van der Waals surface area contributed by atoms with Gasteiger partial charge < -0.3 is 4.74 Å². The molecular formula is C15H16Br2N2O. The standard InChI is InChI=1S/C15H16Br2N2O/c1-20-13-5-6-14(17)11(8-13)9-15(19-18)10-3-2-4-12(16)7-10/h2-8,15,19H,9,18H2,1H3. The monoisotopic (exact) mass is 398 g/mol. The Balaban J connectivity index is 2.26. The number of nitrogens with one attached hydrogen (secondary N) is 1. The van der Waals surface area contributed by atoms with E-state index in [0.29, 0.717) is 0 Å². The second kappa shape index (κ2) is 7.22. The molecule has 0 amide bonds. The van der Waals surface area contributed by atoms with Crippen LogP contribution in [0.15, 0.2) is 51.4 Å². The number of hydrogen-bond acceptors (Lipinski definition) is 3. The van der Waals surface area contributed by atoms with E-state index < -0.39 is 0 Å². The lowest BCUT2D eigenvalue weighted by Gasteiger charge is -2.18. The van der Waals surface area contributed by atoms with Crippen molar-refractivity contribution in [3.05, 3.63) is 62.5 Å². The Morgan fingerprint density at radius 1 is 1.20 bits per heavy atom. The number of nitrogens with two attached hydrogens (primary N) is 1. The zero-order chi connectivity index (χ0) is 14.5. The van der Waals surface area contributed by atoms with Crippen LogP contribution in [0.3, 0.4) is 0 Å². The molecule has 2 aromatic rings. The SMILES string of the molecule is COc1ccc(Br)c(CC(NN)c2cccc(Br)c2)c1. The van der Waals surface area contributed by atoms with Crippen molar-refractivity contribution in [1.29, 1.82) is 0 Å². The van der Waals surface area contributed by atoms with Gasteiger partial charge in [-0.25, -0.2) is 0 Å². The van der Waals surface area contributed by atoms with E-state index in [0.717, 1.165) is 32.2 Å². The molecule has 2 aromatic carbocycles. The quantitative estimate of drug-likeness (QED) is 0.590. The van der Waals surface area contributed by atoms with Gasteiger partial charge in [0.15, 0.2) is 0 Å². The molecule has 1 unspecified atom stereocenters. The highest BCUT2D eigenvalue weighted by atomic mass is 79.9. The first-order valence-corrected chi connectivity index (χ1v) is 7.76. The minimum atomic E-state index is 0.0379. The molecule has 106 valence electrons. The van der Waals surface area contributed by atoms with Crippen LogP contribution in [-0.4, -0.2) is 7.11 Å². The molecule has 1 atom stereocenters. The molecule has 0 aliphatic heterocycles. The number of halogens is 2. The van der Waals surface area contributed by atoms with Crippen molar-refractivity contribution in [2.75, 3.05) is 7.11 Å². The summed E-state index contributed by atoms with van der Waals surface area (Å²) < 4.78 is 7.36. The minimum Gasteiger partial charge on any atom is -0.497 e. The van der Waals surface area contributed by atoms with Gasteiger partial charge in [0.05, 0.1) is 13.2 Å². The van der Waals surface area contributed by atoms with Gasteiger partial charge in [0.25, 0.3) is 0 Å². The summed E-state index contributed by atoms with van der Waals surface area (Å²) in [5.41, 5.74) is 5.16. The van der Waals surface area contributed by atoms with Crippen LogP contribution in [-0.2, 0) is 6.42 Å². The summed E-state index contributed by atoms with van der Waals surface area (Å²) in [5, 5.41) is 0. The van der Waals surface area contributed by atoms with Gasteiger partial charge >= 0.3 is 0 Å². The molecule has 3 N–H and O–H groups in total. The summed E-state index contributed by atoms with van der Waals surface area (Å²) >= 11 is 7.06. The lowest BCUT2D eigenvalue weighted by atomic mass is 9.99. The molecule has 5 heteroatoms. The molecule has 0 radical (unpaired) electrons. The van der Waals surface area contributed by atoms with Crippen molar-refractivity contribution in [1.82, 2.24) is 5.43 Å². The highest BCUT2D eigenvalue weighted by molar-refractivity contribution is 9.10. The van der Waals surface area contributed by atoms with E-state index in [-0.39, 0.29) is 6.04 Å². The Hall–Kier alpha value is -0.880. The largest absolute Gasteiger partial charge is 0.497 e. The summed E-state index contributed by atoms with van der Waals surface area (Å²) in [6, 6.07) is 14.1. The Bertz CT molecular complexity index is 590. The zero-order valence-corrected chi connectivity index (χ0v) is 14.2. The highest BCUT2D eigenvalue weighted by Gasteiger charge is 2.13. The Morgan fingerprint density at radius 3 is 2.65 bits per heavy atom. The van der Waals surface area contributed by atoms with E-state index in [1.165, 1.54) is 0 Å². The van der Waals surface area contributed by atoms with Crippen molar-refractivity contribution in [3.63, 3.8) is 0 Å². The molecule has 0 aliphatic carbocycles. The van der Waals surface area contributed by atoms with Crippen LogP contribution in [0.2, 0.25) is 0 Å². The summed E-state index contributed by atoms with van der Waals surface area (Å²) in [4.78, 5) is 0. The van der Waals surface area contributed by atoms with Crippen molar-refractivity contribution < 1.29 is 4.74 Å². The second-order valence-corrected chi connectivity index (χ2v) is 6.21. The number of methoxy groups -OCH3 is 1. The molecule has 0 fully saturated rings. The molecule has 20 heavy (non-hydrogen) atoms. The molecule has 0 bridgehead atoms. The molecule has 0 aliphatic rings. The molecule has 0 saturated heterocycles. The van der Waals surface area contributed by atoms with Crippen LogP contribution in [0.4, 0.5) is 0 Å². The molecule has 3 nitrogen and oxygen atoms in total. The summed E-state index contributed by atoms with van der Waals surface area (Å²) in [6.45, 7) is 0. The fourth-order valence-corrected chi connectivity index (χ4v) is 2.88. The van der Waals surface area contributed by atoms with Gasteiger partial charge in [-0.05, 0) is 47.9 Å². The number of hydrazine groups is 1. The minimum absolute atomic E-state index is 0.0379. The fraction of sp³-hybridized carbons (Fsp3) is 0.200. The van der Waals surface area contributed by atoms with Crippen LogP contribution in [0.1, 0.15) is 17.2 Å². The maximum atomic E-state index is 5.71. The van der Waals surface area contributed by atoms with Crippen molar-refractivity contribution in [3.8, 4) is 5.75 Å². The topological polar surface area (TPSA) is 47.3 Å². The van der Waals surface area contributed by atoms with E-state index >= 15 is 0 Å². The van der Waals surface area contributed by atoms with E-state index in [1.807, 2.05) is 30.3 Å². The maximum Gasteiger partial charge on any atom is 0.119 e. The molecule has 2 rings (SSSR count). The van der Waals surface area contributed by atoms with Gasteiger partial charge in [-0.3, -0.25) is 11.3 Å². The lowest BCUT2D eigenvalue weighted by molar-refractivity contribution is 0.413. The number of hydrogen-bond donors (Lipinski definition) is 2. The molecule has 0 aromatic heterocycles. The van der Waals surface area contributed by atoms with Crippen LogP contribution in [0.25, 0.3) is 0 Å². The first kappa shape index (κ1) is 15.5. The summed E-state index contributed by atoms with van der Waals surface area (Å²) in [7, 11) is 1.67. The fourth-order valence-electron chi connectivity index (χ4n) is 2.05. The average Bonchev–Trinajstić information content (AvgIpc) is 2.46. The smallest absolute Gasteiger partial charge is 0.119 e. The molecule has 0 saturated carbocycles. The third kappa shape index (κ3) is 3.82. The van der Waals surface area contributed by atoms with Gasteiger partial charge in [-0.15, -0.1) is 0 Å². The number of ether oxygens (including phenoxy) is 1. The predicted octanol–water partition coefficient (Wildman–Crippen LogP) is 3.97. The Morgan fingerprint density at radius 2 is 2.00 bits per heavy atom. The van der Waals surface area contributed by atoms with Gasteiger partial charge in [0.2, 0.25) is 0 Å². The van der Waals surface area contributed by atoms with Crippen LogP contribution >= 0.6 is 31.9 Å². The second-order valence-electron chi connectivity index (χ2n) is 4.44. The first-order valence-electron chi connectivity index (χ1n) is 6.18. The van der Waals surface area contributed by atoms with E-state index in [2.05, 4.69) is 49.4 Å². The van der Waals surface area contributed by atoms with Crippen molar-refractivity contribution in [2.45, 2.75) is 12.5 Å². The Labute approximate surface area is 135 Å². The summed E-state index contributed by atoms with van der Waals surface area (Å²) in [6.07, 6.45) is 0.769. The van der Waals surface area contributed by atoms with Crippen molar-refractivity contribution in [2.24, 2.45) is 5.84 Å². The van der Waals surface area contributed by atoms with E-state index in [4.69, 9.17) is 10.6 Å². The van der Waals surface area contributed by atoms with Crippen LogP contribution in [0, 0.1) is 0 Å². The van der Waals surface area contributed by atoms with Crippen LogP contribution in [0.5, 0.6) is 5.75 Å².